The lowest BCUT2D eigenvalue weighted by atomic mass is 10.1. The van der Waals surface area contributed by atoms with Crippen LogP contribution in [0.25, 0.3) is 0 Å². The van der Waals surface area contributed by atoms with Crippen LogP contribution in [-0.4, -0.2) is 17.0 Å². The van der Waals surface area contributed by atoms with Crippen molar-refractivity contribution in [1.82, 2.24) is 9.97 Å². The molecule has 0 radical (unpaired) electrons. The van der Waals surface area contributed by atoms with Crippen molar-refractivity contribution < 1.29 is 13.2 Å². The number of halogens is 3. The van der Waals surface area contributed by atoms with Gasteiger partial charge in [-0.25, -0.2) is 4.98 Å². The Morgan fingerprint density at radius 2 is 1.90 bits per heavy atom. The third-order valence-corrected chi connectivity index (χ3v) is 3.02. The topological polar surface area (TPSA) is 49.8 Å². The largest absolute Gasteiger partial charge is 0.416 e. The standard InChI is InChI=1S/C14H15F3N4/c1-9-3-4-19-7-10(9)8-20-13-6-11(14(15,16)17)5-12(18-2)21-13/h3-7H,8H2,1-2H3,(H2,18,20,21). The molecule has 0 aromatic carbocycles. The first-order chi connectivity index (χ1) is 9.90. The molecule has 0 unspecified atom stereocenters. The smallest absolute Gasteiger partial charge is 0.373 e. The van der Waals surface area contributed by atoms with Crippen LogP contribution in [0.2, 0.25) is 0 Å². The van der Waals surface area contributed by atoms with E-state index in [1.807, 2.05) is 13.0 Å². The maximum atomic E-state index is 12.8. The Bertz CT molecular complexity index is 626. The van der Waals surface area contributed by atoms with Gasteiger partial charge in [0.05, 0.1) is 5.56 Å². The second kappa shape index (κ2) is 5.99. The average molecular weight is 296 g/mol. The zero-order valence-electron chi connectivity index (χ0n) is 11.6. The van der Waals surface area contributed by atoms with Crippen LogP contribution in [0.4, 0.5) is 24.8 Å². The summed E-state index contributed by atoms with van der Waals surface area (Å²) in [5, 5.41) is 5.52. The number of nitrogens with one attached hydrogen (secondary N) is 2. The summed E-state index contributed by atoms with van der Waals surface area (Å²) in [6.45, 7) is 2.27. The number of pyridine rings is 2. The molecule has 0 saturated heterocycles. The molecule has 0 aliphatic rings. The van der Waals surface area contributed by atoms with Crippen LogP contribution in [0, 0.1) is 6.92 Å². The Hall–Kier alpha value is -2.31. The van der Waals surface area contributed by atoms with E-state index >= 15 is 0 Å². The van der Waals surface area contributed by atoms with Crippen LogP contribution in [0.1, 0.15) is 16.7 Å². The molecular weight excluding hydrogens is 281 g/mol. The van der Waals surface area contributed by atoms with Crippen LogP contribution in [-0.2, 0) is 12.7 Å². The van der Waals surface area contributed by atoms with Gasteiger partial charge in [0.15, 0.2) is 0 Å². The highest BCUT2D eigenvalue weighted by atomic mass is 19.4. The van der Waals surface area contributed by atoms with Gasteiger partial charge in [0.2, 0.25) is 0 Å². The summed E-state index contributed by atoms with van der Waals surface area (Å²) in [6, 6.07) is 3.81. The lowest BCUT2D eigenvalue weighted by molar-refractivity contribution is -0.137. The number of hydrogen-bond donors (Lipinski definition) is 2. The zero-order chi connectivity index (χ0) is 15.5. The predicted molar refractivity (Wildman–Crippen MR) is 75.1 cm³/mol. The first-order valence-corrected chi connectivity index (χ1v) is 6.30. The first kappa shape index (κ1) is 15.1. The minimum atomic E-state index is -4.41. The molecule has 21 heavy (non-hydrogen) atoms. The highest BCUT2D eigenvalue weighted by Crippen LogP contribution is 2.32. The van der Waals surface area contributed by atoms with Gasteiger partial charge in [-0.05, 0) is 36.2 Å². The van der Waals surface area contributed by atoms with E-state index in [1.165, 1.54) is 7.05 Å². The van der Waals surface area contributed by atoms with Gasteiger partial charge >= 0.3 is 6.18 Å². The van der Waals surface area contributed by atoms with Crippen molar-refractivity contribution in [2.45, 2.75) is 19.6 Å². The van der Waals surface area contributed by atoms with Gasteiger partial charge < -0.3 is 10.6 Å². The Morgan fingerprint density at radius 1 is 1.19 bits per heavy atom. The van der Waals surface area contributed by atoms with Crippen molar-refractivity contribution in [3.05, 3.63) is 47.3 Å². The van der Waals surface area contributed by atoms with E-state index in [1.54, 1.807) is 12.4 Å². The molecular formula is C14H15F3N4. The van der Waals surface area contributed by atoms with Crippen molar-refractivity contribution in [3.63, 3.8) is 0 Å². The first-order valence-electron chi connectivity index (χ1n) is 6.30. The van der Waals surface area contributed by atoms with E-state index < -0.39 is 11.7 Å². The van der Waals surface area contributed by atoms with E-state index in [-0.39, 0.29) is 11.6 Å². The molecule has 112 valence electrons. The summed E-state index contributed by atoms with van der Waals surface area (Å²) in [7, 11) is 1.53. The number of aryl methyl sites for hydroxylation is 1. The Labute approximate surface area is 120 Å². The molecule has 0 fully saturated rings. The summed E-state index contributed by atoms with van der Waals surface area (Å²) >= 11 is 0. The van der Waals surface area contributed by atoms with Gasteiger partial charge in [0.1, 0.15) is 11.6 Å². The third-order valence-electron chi connectivity index (χ3n) is 3.02. The fourth-order valence-corrected chi connectivity index (χ4v) is 1.78. The van der Waals surface area contributed by atoms with Crippen molar-refractivity contribution in [3.8, 4) is 0 Å². The van der Waals surface area contributed by atoms with E-state index in [4.69, 9.17) is 0 Å². The van der Waals surface area contributed by atoms with Crippen LogP contribution in [0.3, 0.4) is 0 Å². The third kappa shape index (κ3) is 3.84. The van der Waals surface area contributed by atoms with Crippen LogP contribution in [0.5, 0.6) is 0 Å². The number of nitrogens with zero attached hydrogens (tertiary/aromatic N) is 2. The number of rotatable bonds is 4. The Morgan fingerprint density at radius 3 is 2.52 bits per heavy atom. The molecule has 0 atom stereocenters. The summed E-state index contributed by atoms with van der Waals surface area (Å²) in [6.07, 6.45) is -1.06. The number of hydrogen-bond acceptors (Lipinski definition) is 4. The van der Waals surface area contributed by atoms with Gasteiger partial charge in [-0.3, -0.25) is 4.98 Å². The molecule has 0 aliphatic heterocycles. The summed E-state index contributed by atoms with van der Waals surface area (Å²) in [4.78, 5) is 8.06. The second-order valence-corrected chi connectivity index (χ2v) is 4.53. The van der Waals surface area contributed by atoms with E-state index in [0.29, 0.717) is 6.54 Å². The fraction of sp³-hybridized carbons (Fsp3) is 0.286. The summed E-state index contributed by atoms with van der Waals surface area (Å²) in [5.41, 5.74) is 1.17. The molecule has 0 bridgehead atoms. The lowest BCUT2D eigenvalue weighted by Gasteiger charge is -2.13. The van der Waals surface area contributed by atoms with Gasteiger partial charge in [-0.15, -0.1) is 0 Å². The molecule has 2 rings (SSSR count). The minimum absolute atomic E-state index is 0.162. The average Bonchev–Trinajstić information content (AvgIpc) is 2.45. The summed E-state index contributed by atoms with van der Waals surface area (Å²) in [5.74, 6) is 0.327. The highest BCUT2D eigenvalue weighted by molar-refractivity contribution is 5.49. The highest BCUT2D eigenvalue weighted by Gasteiger charge is 2.31. The minimum Gasteiger partial charge on any atom is -0.373 e. The quantitative estimate of drug-likeness (QED) is 0.907. The molecule has 7 heteroatoms. The zero-order valence-corrected chi connectivity index (χ0v) is 11.6. The summed E-state index contributed by atoms with van der Waals surface area (Å²) < 4.78 is 38.5. The SMILES string of the molecule is CNc1cc(C(F)(F)F)cc(NCc2cnccc2C)n1. The molecule has 2 aromatic heterocycles. The maximum absolute atomic E-state index is 12.8. The second-order valence-electron chi connectivity index (χ2n) is 4.53. The van der Waals surface area contributed by atoms with Gasteiger partial charge in [0.25, 0.3) is 0 Å². The molecule has 2 aromatic rings. The molecule has 0 spiro atoms. The molecule has 0 saturated carbocycles. The Balaban J connectivity index is 2.22. The molecule has 0 amide bonds. The van der Waals surface area contributed by atoms with E-state index in [9.17, 15) is 13.2 Å². The van der Waals surface area contributed by atoms with E-state index in [2.05, 4.69) is 20.6 Å². The van der Waals surface area contributed by atoms with Gasteiger partial charge in [-0.2, -0.15) is 13.2 Å². The Kier molecular flexibility index (Phi) is 4.30. The normalized spacial score (nSPS) is 11.3. The molecule has 4 nitrogen and oxygen atoms in total. The van der Waals surface area contributed by atoms with Crippen molar-refractivity contribution >= 4 is 11.6 Å². The molecule has 2 N–H and O–H groups in total. The van der Waals surface area contributed by atoms with Crippen LogP contribution >= 0.6 is 0 Å². The van der Waals surface area contributed by atoms with E-state index in [0.717, 1.165) is 23.3 Å². The maximum Gasteiger partial charge on any atom is 0.416 e. The predicted octanol–water partition coefficient (Wildman–Crippen LogP) is 3.46. The molecule has 0 aliphatic carbocycles. The van der Waals surface area contributed by atoms with Crippen LogP contribution in [0.15, 0.2) is 30.6 Å². The van der Waals surface area contributed by atoms with Gasteiger partial charge in [0, 0.05) is 26.0 Å². The molecule has 2 heterocycles. The monoisotopic (exact) mass is 296 g/mol. The van der Waals surface area contributed by atoms with Crippen molar-refractivity contribution in [1.29, 1.82) is 0 Å². The van der Waals surface area contributed by atoms with Gasteiger partial charge in [-0.1, -0.05) is 0 Å². The lowest BCUT2D eigenvalue weighted by Crippen LogP contribution is -2.10. The number of anilines is 2. The fourth-order valence-electron chi connectivity index (χ4n) is 1.78. The van der Waals surface area contributed by atoms with Crippen LogP contribution < -0.4 is 10.6 Å². The number of aromatic nitrogens is 2. The van der Waals surface area contributed by atoms with Crippen molar-refractivity contribution in [2.75, 3.05) is 17.7 Å². The number of alkyl halides is 3. The van der Waals surface area contributed by atoms with Crippen molar-refractivity contribution in [2.24, 2.45) is 0 Å².